The summed E-state index contributed by atoms with van der Waals surface area (Å²) in [6.45, 7) is 6.69. The van der Waals surface area contributed by atoms with Crippen LogP contribution >= 0.6 is 0 Å². The smallest absolute Gasteiger partial charge is 0.268 e. The van der Waals surface area contributed by atoms with Crippen molar-refractivity contribution in [1.29, 1.82) is 0 Å². The molecule has 15 rings (SSSR count). The van der Waals surface area contributed by atoms with Gasteiger partial charge in [-0.2, -0.15) is 18.2 Å². The molecule has 0 saturated heterocycles. The van der Waals surface area contributed by atoms with Gasteiger partial charge < -0.3 is 18.3 Å². The van der Waals surface area contributed by atoms with Gasteiger partial charge in [0.2, 0.25) is 0 Å². The molecule has 1 aliphatic heterocycles. The van der Waals surface area contributed by atoms with E-state index in [4.69, 9.17) is 22.4 Å². The maximum Gasteiger partial charge on any atom is 0.268 e. The Kier molecular flexibility index (Phi) is 9.08. The van der Waals surface area contributed by atoms with Crippen molar-refractivity contribution >= 4 is 54.8 Å². The molecule has 0 amide bonds. The summed E-state index contributed by atoms with van der Waals surface area (Å²) in [5.41, 5.74) is 4.70. The van der Waals surface area contributed by atoms with Gasteiger partial charge in [0.05, 0.1) is 27.7 Å². The van der Waals surface area contributed by atoms with Crippen LogP contribution in [0.2, 0.25) is 0 Å². The van der Waals surface area contributed by atoms with E-state index in [-0.39, 0.29) is 105 Å². The Bertz CT molecular complexity index is 5660. The van der Waals surface area contributed by atoms with Gasteiger partial charge in [-0.15, -0.1) is 29.7 Å². The molecule has 5 heterocycles. The third-order valence-electron chi connectivity index (χ3n) is 15.8. The average Bonchev–Trinajstić information content (AvgIpc) is 1.60. The molecule has 7 heteroatoms. The van der Waals surface area contributed by atoms with E-state index in [0.29, 0.717) is 45.1 Å². The first kappa shape index (κ1) is 38.6. The standard InChI is InChI=1S/C76H58N4O2.Pt/c1-46-19-17-20-47(2)72(46)49-38-64-57-25-11-9-23-55(57)56-24-10-12-26-58(56)65-41-51(76(6,7)8)40-62(48-31-34-70-63(37-48)61-28-14-16-30-69(61)82-70)73(65)79-45-78(68(39-49)74(64)79)52-21-18-22-53(43-52)81-54-32-33-60-59-27-13-15-29-66(59)80(67(60)44-54)71-42-50(35-36-77-71)75(3,4)5;/h9-42H,1-8H3;/q-2;/i1D3,2D3,9D,10D,11D,12D,23D,24D,25D,26D;. The van der Waals surface area contributed by atoms with Crippen molar-refractivity contribution in [3.63, 3.8) is 0 Å². The van der Waals surface area contributed by atoms with Gasteiger partial charge >= 0.3 is 0 Å². The van der Waals surface area contributed by atoms with Gasteiger partial charge in [-0.25, -0.2) is 4.98 Å². The molecule has 4 aromatic heterocycles. The minimum absolute atomic E-state index is 0. The summed E-state index contributed by atoms with van der Waals surface area (Å²) < 4.78 is 150. The number of ether oxygens (including phenoxy) is 1. The number of nitrogens with zero attached hydrogens (tertiary/aromatic N) is 4. The van der Waals surface area contributed by atoms with E-state index in [2.05, 4.69) is 55.9 Å². The third-order valence-corrected chi connectivity index (χ3v) is 15.8. The van der Waals surface area contributed by atoms with Crippen molar-refractivity contribution in [3.8, 4) is 84.3 Å². The van der Waals surface area contributed by atoms with Gasteiger partial charge in [-0.05, 0) is 156 Å². The van der Waals surface area contributed by atoms with Crippen molar-refractivity contribution in [2.45, 2.75) is 66.1 Å². The number of pyridine rings is 1. The van der Waals surface area contributed by atoms with Crippen LogP contribution in [-0.4, -0.2) is 14.1 Å². The van der Waals surface area contributed by atoms with Crippen LogP contribution in [0.1, 0.15) is 83.0 Å². The van der Waals surface area contributed by atoms with Gasteiger partial charge in [0.15, 0.2) is 0 Å². The van der Waals surface area contributed by atoms with E-state index in [0.717, 1.165) is 38.2 Å². The molecule has 0 saturated carbocycles. The van der Waals surface area contributed by atoms with E-state index in [1.54, 1.807) is 39.6 Å². The summed E-state index contributed by atoms with van der Waals surface area (Å²) in [6, 6.07) is 47.7. The van der Waals surface area contributed by atoms with Crippen LogP contribution in [0.4, 0.5) is 0 Å². The van der Waals surface area contributed by atoms with Crippen LogP contribution in [0.15, 0.2) is 211 Å². The Balaban J connectivity index is 0.00000807. The summed E-state index contributed by atoms with van der Waals surface area (Å²) >= 11 is 0. The maximum atomic E-state index is 10.1. The van der Waals surface area contributed by atoms with Gasteiger partial charge in [0.25, 0.3) is 6.33 Å². The molecule has 0 N–H and O–H groups in total. The molecule has 10 aromatic carbocycles. The zero-order chi connectivity index (χ0) is 67.7. The number of imidazole rings is 1. The zero-order valence-electron chi connectivity index (χ0n) is 59.9. The first-order valence-corrected chi connectivity index (χ1v) is 27.1. The van der Waals surface area contributed by atoms with Crippen LogP contribution in [0.25, 0.3) is 128 Å². The van der Waals surface area contributed by atoms with E-state index in [1.807, 2.05) is 112 Å². The second kappa shape index (κ2) is 19.5. The van der Waals surface area contributed by atoms with E-state index in [1.165, 1.54) is 24.3 Å². The summed E-state index contributed by atoms with van der Waals surface area (Å²) in [5, 5.41) is 3.50. The number of hydrogen-bond donors (Lipinski definition) is 0. The number of hydrogen-bond acceptors (Lipinski definition) is 3. The Labute approximate surface area is 517 Å². The second-order valence-electron chi connectivity index (χ2n) is 23.0. The quantitative estimate of drug-likeness (QED) is 0.123. The van der Waals surface area contributed by atoms with Crippen molar-refractivity contribution in [3.05, 3.63) is 247 Å². The average molecular weight is 1270 g/mol. The molecule has 0 radical (unpaired) electrons. The van der Waals surface area contributed by atoms with Crippen molar-refractivity contribution in [2.75, 3.05) is 0 Å². The number of rotatable bonds is 6. The first-order valence-electron chi connectivity index (χ1n) is 34.1. The topological polar surface area (TPSA) is 49.0 Å². The molecule has 1 aliphatic rings. The fourth-order valence-electron chi connectivity index (χ4n) is 11.7. The molecule has 14 aromatic rings. The predicted molar refractivity (Wildman–Crippen MR) is 335 cm³/mol. The van der Waals surface area contributed by atoms with E-state index in [9.17, 15) is 11.0 Å². The molecule has 0 unspecified atom stereocenters. The third kappa shape index (κ3) is 8.56. The van der Waals surface area contributed by atoms with E-state index < -0.39 is 67.5 Å². The number of para-hydroxylation sites is 2. The number of benzene rings is 10. The number of furan rings is 1. The SMILES string of the molecule is [2H]c1c([2H])c([2H])c2c(c1[2H])-c1cc(C(C)(C)C)cc(-c3ccc4oc5ccccc5c4c3)c1-[n+]1[c-]n(-c3[c-]c(Oc4[c-]c5c(cc4)c4ccccc4n5-c4cc(C(C)(C)C)ccn4)ccc3)c3cc(-c4c(C([2H])([2H])[2H])cccc4C([2H])([2H])[2H])cc(c31)-c1c([2H])c([2H])c([2H])c([2H])c1-2.[Pt]. The normalized spacial score (nSPS) is 15.0. The Hall–Kier alpha value is -9.09. The fourth-order valence-corrected chi connectivity index (χ4v) is 11.7. The Morgan fingerprint density at radius 1 is 0.542 bits per heavy atom. The van der Waals surface area contributed by atoms with Crippen LogP contribution in [0, 0.1) is 32.2 Å². The van der Waals surface area contributed by atoms with Crippen LogP contribution in [0.3, 0.4) is 0 Å². The fraction of sp³-hybridized carbons (Fsp3) is 0.132. The minimum atomic E-state index is -2.91. The van der Waals surface area contributed by atoms with E-state index >= 15 is 0 Å². The van der Waals surface area contributed by atoms with Crippen LogP contribution < -0.4 is 9.30 Å². The van der Waals surface area contributed by atoms with Gasteiger partial charge in [0, 0.05) is 63.3 Å². The predicted octanol–water partition coefficient (Wildman–Crippen LogP) is 19.3. The zero-order valence-corrected chi connectivity index (χ0v) is 48.2. The molecule has 0 atom stereocenters. The van der Waals surface area contributed by atoms with Crippen LogP contribution in [-0.2, 0) is 31.9 Å². The molecular formula is C76H58N4O2Pt-2. The molecule has 406 valence electrons. The maximum absolute atomic E-state index is 10.1. The van der Waals surface area contributed by atoms with Gasteiger partial charge in [0.1, 0.15) is 17.0 Å². The summed E-state index contributed by atoms with van der Waals surface area (Å²) in [7, 11) is 0. The second-order valence-corrected chi connectivity index (χ2v) is 23.0. The summed E-state index contributed by atoms with van der Waals surface area (Å²) in [6.07, 6.45) is 5.46. The number of aromatic nitrogens is 4. The first-order chi connectivity index (χ1) is 45.5. The molecule has 0 fully saturated rings. The summed E-state index contributed by atoms with van der Waals surface area (Å²) in [4.78, 5) is 4.86. The number of fused-ring (bicyclic) bond motifs is 13. The summed E-state index contributed by atoms with van der Waals surface area (Å²) in [5.74, 6) is 1.25. The molecule has 0 aliphatic carbocycles. The monoisotopic (exact) mass is 1270 g/mol. The Morgan fingerprint density at radius 3 is 1.95 bits per heavy atom. The largest absolute Gasteiger partial charge is 0.510 e. The van der Waals surface area contributed by atoms with Crippen molar-refractivity contribution < 1.29 is 54.0 Å². The van der Waals surface area contributed by atoms with Crippen LogP contribution in [0.5, 0.6) is 11.5 Å². The number of aryl methyl sites for hydroxylation is 2. The minimum Gasteiger partial charge on any atom is -0.510 e. The van der Waals surface area contributed by atoms with Crippen molar-refractivity contribution in [1.82, 2.24) is 14.1 Å². The Morgan fingerprint density at radius 2 is 1.20 bits per heavy atom. The van der Waals surface area contributed by atoms with Crippen molar-refractivity contribution in [2.24, 2.45) is 0 Å². The van der Waals surface area contributed by atoms with Gasteiger partial charge in [-0.1, -0.05) is 174 Å². The molecule has 0 bridgehead atoms. The van der Waals surface area contributed by atoms with Gasteiger partial charge in [-0.3, -0.25) is 4.57 Å². The molecule has 6 nitrogen and oxygen atoms in total. The molecular weight excluding hydrogens is 1200 g/mol. The molecule has 0 spiro atoms. The molecule has 83 heavy (non-hydrogen) atoms.